The summed E-state index contributed by atoms with van der Waals surface area (Å²) in [5, 5.41) is 0.439. The summed E-state index contributed by atoms with van der Waals surface area (Å²) in [6.07, 6.45) is 3.45. The number of ether oxygens (including phenoxy) is 2. The molecule has 1 aliphatic rings. The monoisotopic (exact) mass is 312 g/mol. The highest BCUT2D eigenvalue weighted by Crippen LogP contribution is 2.33. The molecule has 6 heteroatoms. The molecule has 1 fully saturated rings. The Balaban J connectivity index is 2.25. The minimum absolute atomic E-state index is 0.155. The highest BCUT2D eigenvalue weighted by Gasteiger charge is 2.22. The number of carbonyl (C=O) groups is 1. The first-order chi connectivity index (χ1) is 10.0. The van der Waals surface area contributed by atoms with Crippen LogP contribution in [0, 0.1) is 0 Å². The number of nitrogens with two attached hydrogens (primary N) is 1. The van der Waals surface area contributed by atoms with Gasteiger partial charge in [-0.05, 0) is 31.4 Å². The number of carbonyl (C=O) groups excluding carboxylic acids is 1. The molecular weight excluding hydrogens is 292 g/mol. The lowest BCUT2D eigenvalue weighted by Crippen LogP contribution is -2.34. The summed E-state index contributed by atoms with van der Waals surface area (Å²) in [6.45, 7) is 1.46. The van der Waals surface area contributed by atoms with Crippen molar-refractivity contribution in [3.8, 4) is 0 Å². The fourth-order valence-corrected chi connectivity index (χ4v) is 2.99. The van der Waals surface area contributed by atoms with Gasteiger partial charge in [0.15, 0.2) is 0 Å². The number of benzene rings is 1. The van der Waals surface area contributed by atoms with Crippen LogP contribution in [0.4, 0.5) is 11.4 Å². The third kappa shape index (κ3) is 3.80. The molecule has 0 saturated carbocycles. The average molecular weight is 313 g/mol. The van der Waals surface area contributed by atoms with Gasteiger partial charge in [0.2, 0.25) is 0 Å². The van der Waals surface area contributed by atoms with Crippen molar-refractivity contribution < 1.29 is 14.3 Å². The topological polar surface area (TPSA) is 64.8 Å². The Kier molecular flexibility index (Phi) is 5.31. The van der Waals surface area contributed by atoms with Crippen LogP contribution in [0.2, 0.25) is 5.02 Å². The van der Waals surface area contributed by atoms with Crippen LogP contribution in [0.15, 0.2) is 12.1 Å². The van der Waals surface area contributed by atoms with Crippen LogP contribution in [0.3, 0.4) is 0 Å². The fourth-order valence-electron chi connectivity index (χ4n) is 2.62. The van der Waals surface area contributed by atoms with Crippen molar-refractivity contribution in [2.45, 2.75) is 25.4 Å². The Bertz CT molecular complexity index is 516. The lowest BCUT2D eigenvalue weighted by molar-refractivity contribution is 0.0215. The molecule has 0 aromatic heterocycles. The number of rotatable bonds is 4. The van der Waals surface area contributed by atoms with Gasteiger partial charge >= 0.3 is 5.97 Å². The van der Waals surface area contributed by atoms with E-state index in [0.717, 1.165) is 25.9 Å². The van der Waals surface area contributed by atoms with Gasteiger partial charge in [0.05, 0.1) is 29.5 Å². The van der Waals surface area contributed by atoms with E-state index >= 15 is 0 Å². The predicted molar refractivity (Wildman–Crippen MR) is 84.1 cm³/mol. The molecule has 0 bridgehead atoms. The van der Waals surface area contributed by atoms with Gasteiger partial charge in [-0.1, -0.05) is 11.6 Å². The van der Waals surface area contributed by atoms with Crippen LogP contribution in [0.25, 0.3) is 0 Å². The van der Waals surface area contributed by atoms with E-state index in [-0.39, 0.29) is 6.10 Å². The van der Waals surface area contributed by atoms with Crippen molar-refractivity contribution >= 4 is 28.9 Å². The van der Waals surface area contributed by atoms with E-state index < -0.39 is 5.97 Å². The van der Waals surface area contributed by atoms with Gasteiger partial charge in [0.1, 0.15) is 0 Å². The number of methoxy groups -OCH3 is 1. The molecule has 5 nitrogen and oxygen atoms in total. The zero-order chi connectivity index (χ0) is 15.4. The number of anilines is 2. The molecule has 0 amide bonds. The molecule has 1 aliphatic heterocycles. The van der Waals surface area contributed by atoms with Crippen molar-refractivity contribution in [3.05, 3.63) is 22.7 Å². The summed E-state index contributed by atoms with van der Waals surface area (Å²) in [6, 6.07) is 3.23. The molecular formula is C15H21ClN2O3. The zero-order valence-electron chi connectivity index (χ0n) is 12.4. The molecule has 1 aromatic rings. The van der Waals surface area contributed by atoms with Crippen molar-refractivity contribution in [2.75, 3.05) is 37.9 Å². The fraction of sp³-hybridized carbons (Fsp3) is 0.533. The number of esters is 1. The van der Waals surface area contributed by atoms with Gasteiger partial charge in [-0.15, -0.1) is 0 Å². The summed E-state index contributed by atoms with van der Waals surface area (Å²) in [5.41, 5.74) is 7.21. The molecule has 1 heterocycles. The quantitative estimate of drug-likeness (QED) is 0.684. The second-order valence-corrected chi connectivity index (χ2v) is 5.67. The van der Waals surface area contributed by atoms with Gasteiger partial charge in [0.25, 0.3) is 0 Å². The SMILES string of the molecule is COC(=O)c1cc(N)cc(Cl)c1N(C)CC1CCCCO1. The Morgan fingerprint density at radius 3 is 2.90 bits per heavy atom. The Morgan fingerprint density at radius 1 is 1.52 bits per heavy atom. The summed E-state index contributed by atoms with van der Waals surface area (Å²) in [5.74, 6) is -0.449. The van der Waals surface area contributed by atoms with E-state index in [1.807, 2.05) is 11.9 Å². The molecule has 21 heavy (non-hydrogen) atoms. The highest BCUT2D eigenvalue weighted by molar-refractivity contribution is 6.34. The number of nitrogen functional groups attached to an aromatic ring is 1. The molecule has 1 saturated heterocycles. The Hall–Kier alpha value is -1.46. The molecule has 2 N–H and O–H groups in total. The normalized spacial score (nSPS) is 18.3. The van der Waals surface area contributed by atoms with E-state index in [1.165, 1.54) is 7.11 Å². The van der Waals surface area contributed by atoms with Crippen molar-refractivity contribution in [2.24, 2.45) is 0 Å². The third-order valence-electron chi connectivity index (χ3n) is 3.62. The van der Waals surface area contributed by atoms with Crippen LogP contribution in [-0.2, 0) is 9.47 Å². The average Bonchev–Trinajstić information content (AvgIpc) is 2.46. The summed E-state index contributed by atoms with van der Waals surface area (Å²) in [7, 11) is 3.23. The van der Waals surface area contributed by atoms with Gasteiger partial charge in [-0.2, -0.15) is 0 Å². The van der Waals surface area contributed by atoms with E-state index in [1.54, 1.807) is 12.1 Å². The summed E-state index contributed by atoms with van der Waals surface area (Å²) >= 11 is 6.28. The Morgan fingerprint density at radius 2 is 2.29 bits per heavy atom. The van der Waals surface area contributed by atoms with Crippen LogP contribution >= 0.6 is 11.6 Å². The number of likely N-dealkylation sites (N-methyl/N-ethyl adjacent to an activating group) is 1. The van der Waals surface area contributed by atoms with Crippen LogP contribution < -0.4 is 10.6 Å². The molecule has 0 aliphatic carbocycles. The third-order valence-corrected chi connectivity index (χ3v) is 3.91. The molecule has 1 aromatic carbocycles. The lowest BCUT2D eigenvalue weighted by atomic mass is 10.1. The first-order valence-corrected chi connectivity index (χ1v) is 7.40. The van der Waals surface area contributed by atoms with E-state index in [2.05, 4.69) is 0 Å². The maximum Gasteiger partial charge on any atom is 0.340 e. The van der Waals surface area contributed by atoms with E-state index in [9.17, 15) is 4.79 Å². The van der Waals surface area contributed by atoms with Gasteiger partial charge in [-0.3, -0.25) is 0 Å². The lowest BCUT2D eigenvalue weighted by Gasteiger charge is -2.30. The van der Waals surface area contributed by atoms with Crippen molar-refractivity contribution in [1.82, 2.24) is 0 Å². The van der Waals surface area contributed by atoms with E-state index in [4.69, 9.17) is 26.8 Å². The largest absolute Gasteiger partial charge is 0.465 e. The number of hydrogen-bond donors (Lipinski definition) is 1. The van der Waals surface area contributed by atoms with Crippen LogP contribution in [0.5, 0.6) is 0 Å². The molecule has 2 rings (SSSR count). The second kappa shape index (κ2) is 7.00. The molecule has 1 unspecified atom stereocenters. The smallest absolute Gasteiger partial charge is 0.340 e. The minimum Gasteiger partial charge on any atom is -0.465 e. The van der Waals surface area contributed by atoms with E-state index in [0.29, 0.717) is 28.5 Å². The zero-order valence-corrected chi connectivity index (χ0v) is 13.2. The minimum atomic E-state index is -0.449. The first kappa shape index (κ1) is 15.9. The van der Waals surface area contributed by atoms with Gasteiger partial charge < -0.3 is 20.1 Å². The molecule has 116 valence electrons. The van der Waals surface area contributed by atoms with Crippen LogP contribution in [0.1, 0.15) is 29.6 Å². The predicted octanol–water partition coefficient (Wildman–Crippen LogP) is 2.71. The first-order valence-electron chi connectivity index (χ1n) is 7.03. The number of halogens is 1. The molecule has 1 atom stereocenters. The number of hydrogen-bond acceptors (Lipinski definition) is 5. The molecule has 0 spiro atoms. The second-order valence-electron chi connectivity index (χ2n) is 5.26. The summed E-state index contributed by atoms with van der Waals surface area (Å²) < 4.78 is 10.6. The number of nitrogens with zero attached hydrogens (tertiary/aromatic N) is 1. The standard InChI is InChI=1S/C15H21ClN2O3/c1-18(9-11-5-3-4-6-21-11)14-12(15(19)20-2)7-10(17)8-13(14)16/h7-8,11H,3-6,9,17H2,1-2H3. The molecule has 0 radical (unpaired) electrons. The van der Waals surface area contributed by atoms with Crippen LogP contribution in [-0.4, -0.2) is 39.4 Å². The van der Waals surface area contributed by atoms with Gasteiger partial charge in [0, 0.05) is 25.9 Å². The van der Waals surface area contributed by atoms with Crippen molar-refractivity contribution in [1.29, 1.82) is 0 Å². The van der Waals surface area contributed by atoms with Gasteiger partial charge in [-0.25, -0.2) is 4.79 Å². The summed E-state index contributed by atoms with van der Waals surface area (Å²) in [4.78, 5) is 13.9. The maximum atomic E-state index is 11.9. The maximum absolute atomic E-state index is 11.9. The van der Waals surface area contributed by atoms with Crippen molar-refractivity contribution in [3.63, 3.8) is 0 Å². The highest BCUT2D eigenvalue weighted by atomic mass is 35.5. The Labute approximate surface area is 130 Å².